The van der Waals surface area contributed by atoms with E-state index in [2.05, 4.69) is 19.2 Å². The normalized spacial score (nSPS) is 34.0. The second-order valence-corrected chi connectivity index (χ2v) is 5.38. The van der Waals surface area contributed by atoms with Crippen molar-refractivity contribution in [3.63, 3.8) is 0 Å². The average Bonchev–Trinajstić information content (AvgIpc) is 2.72. The van der Waals surface area contributed by atoms with E-state index < -0.39 is 0 Å². The van der Waals surface area contributed by atoms with Crippen LogP contribution in [0.3, 0.4) is 0 Å². The summed E-state index contributed by atoms with van der Waals surface area (Å²) in [7, 11) is 0. The summed E-state index contributed by atoms with van der Waals surface area (Å²) in [6, 6.07) is 0.426. The number of ether oxygens (including phenoxy) is 1. The van der Waals surface area contributed by atoms with Crippen molar-refractivity contribution in [3.8, 4) is 0 Å². The van der Waals surface area contributed by atoms with Crippen LogP contribution in [-0.4, -0.2) is 48.7 Å². The monoisotopic (exact) mass is 240 g/mol. The van der Waals surface area contributed by atoms with Crippen molar-refractivity contribution < 1.29 is 9.53 Å². The van der Waals surface area contributed by atoms with E-state index >= 15 is 0 Å². The van der Waals surface area contributed by atoms with Crippen molar-refractivity contribution >= 4 is 5.91 Å². The number of carbonyl (C=O) groups excluding carboxylic acids is 1. The SMILES string of the molecule is CC1CN(C(=O)CCC2CCC(C)O2)CCN1. The molecule has 0 spiro atoms. The van der Waals surface area contributed by atoms with Crippen LogP contribution in [0.25, 0.3) is 0 Å². The Balaban J connectivity index is 1.69. The molecule has 2 rings (SSSR count). The molecule has 0 aliphatic carbocycles. The zero-order chi connectivity index (χ0) is 12.3. The van der Waals surface area contributed by atoms with E-state index in [4.69, 9.17) is 4.74 Å². The quantitative estimate of drug-likeness (QED) is 0.804. The number of hydrogen-bond acceptors (Lipinski definition) is 3. The molecule has 0 saturated carbocycles. The number of rotatable bonds is 3. The average molecular weight is 240 g/mol. The summed E-state index contributed by atoms with van der Waals surface area (Å²) >= 11 is 0. The molecule has 17 heavy (non-hydrogen) atoms. The number of nitrogens with one attached hydrogen (secondary N) is 1. The number of hydrogen-bond donors (Lipinski definition) is 1. The number of nitrogens with zero attached hydrogens (tertiary/aromatic N) is 1. The number of amides is 1. The summed E-state index contributed by atoms with van der Waals surface area (Å²) in [6.07, 6.45) is 4.49. The molecule has 2 aliphatic rings. The third-order valence-corrected chi connectivity index (χ3v) is 3.72. The Morgan fingerprint density at radius 2 is 2.24 bits per heavy atom. The first kappa shape index (κ1) is 12.8. The molecule has 4 nitrogen and oxygen atoms in total. The van der Waals surface area contributed by atoms with Gasteiger partial charge in [-0.2, -0.15) is 0 Å². The maximum absolute atomic E-state index is 12.0. The third-order valence-electron chi connectivity index (χ3n) is 3.72. The van der Waals surface area contributed by atoms with Gasteiger partial charge in [-0.05, 0) is 33.1 Å². The van der Waals surface area contributed by atoms with Gasteiger partial charge in [0, 0.05) is 32.1 Å². The molecule has 0 bridgehead atoms. The van der Waals surface area contributed by atoms with Crippen molar-refractivity contribution in [2.24, 2.45) is 0 Å². The first-order valence-corrected chi connectivity index (χ1v) is 6.82. The van der Waals surface area contributed by atoms with Crippen molar-refractivity contribution in [1.82, 2.24) is 10.2 Å². The second kappa shape index (κ2) is 5.83. The predicted molar refractivity (Wildman–Crippen MR) is 66.8 cm³/mol. The molecule has 3 atom stereocenters. The highest BCUT2D eigenvalue weighted by Crippen LogP contribution is 2.22. The molecule has 0 radical (unpaired) electrons. The molecular weight excluding hydrogens is 216 g/mol. The van der Waals surface area contributed by atoms with E-state index in [1.54, 1.807) is 0 Å². The Labute approximate surface area is 104 Å². The van der Waals surface area contributed by atoms with Gasteiger partial charge in [-0.1, -0.05) is 0 Å². The van der Waals surface area contributed by atoms with Crippen LogP contribution >= 0.6 is 0 Å². The van der Waals surface area contributed by atoms with Crippen molar-refractivity contribution in [2.45, 2.75) is 57.8 Å². The van der Waals surface area contributed by atoms with Gasteiger partial charge < -0.3 is 15.0 Å². The first-order valence-electron chi connectivity index (χ1n) is 6.82. The van der Waals surface area contributed by atoms with E-state index in [1.165, 1.54) is 0 Å². The molecule has 0 aromatic rings. The van der Waals surface area contributed by atoms with E-state index in [1.807, 2.05) is 4.90 Å². The van der Waals surface area contributed by atoms with E-state index in [-0.39, 0.29) is 0 Å². The van der Waals surface area contributed by atoms with Gasteiger partial charge in [0.1, 0.15) is 0 Å². The van der Waals surface area contributed by atoms with Crippen LogP contribution in [0.1, 0.15) is 39.5 Å². The Hall–Kier alpha value is -0.610. The van der Waals surface area contributed by atoms with Crippen LogP contribution in [-0.2, 0) is 9.53 Å². The highest BCUT2D eigenvalue weighted by Gasteiger charge is 2.25. The fourth-order valence-corrected chi connectivity index (χ4v) is 2.70. The summed E-state index contributed by atoms with van der Waals surface area (Å²) in [4.78, 5) is 14.0. The van der Waals surface area contributed by atoms with Crippen molar-refractivity contribution in [3.05, 3.63) is 0 Å². The molecule has 1 amide bonds. The van der Waals surface area contributed by atoms with Gasteiger partial charge in [0.25, 0.3) is 0 Å². The van der Waals surface area contributed by atoms with E-state index in [9.17, 15) is 4.79 Å². The lowest BCUT2D eigenvalue weighted by Crippen LogP contribution is -2.51. The maximum atomic E-state index is 12.0. The topological polar surface area (TPSA) is 41.6 Å². The van der Waals surface area contributed by atoms with Crippen LogP contribution in [0.2, 0.25) is 0 Å². The van der Waals surface area contributed by atoms with Gasteiger partial charge in [-0.25, -0.2) is 0 Å². The molecule has 3 unspecified atom stereocenters. The zero-order valence-electron chi connectivity index (χ0n) is 10.9. The fraction of sp³-hybridized carbons (Fsp3) is 0.923. The second-order valence-electron chi connectivity index (χ2n) is 5.38. The minimum atomic E-state index is 0.293. The Morgan fingerprint density at radius 3 is 2.88 bits per heavy atom. The summed E-state index contributed by atoms with van der Waals surface area (Å²) in [6.45, 7) is 6.86. The van der Waals surface area contributed by atoms with Crippen LogP contribution in [0.15, 0.2) is 0 Å². The van der Waals surface area contributed by atoms with Gasteiger partial charge in [-0.3, -0.25) is 4.79 Å². The molecule has 98 valence electrons. The number of carbonyl (C=O) groups is 1. The minimum Gasteiger partial charge on any atom is -0.375 e. The van der Waals surface area contributed by atoms with Crippen LogP contribution in [0.4, 0.5) is 0 Å². The van der Waals surface area contributed by atoms with Gasteiger partial charge in [0.2, 0.25) is 5.91 Å². The number of piperazine rings is 1. The maximum Gasteiger partial charge on any atom is 0.222 e. The molecule has 4 heteroatoms. The molecule has 2 saturated heterocycles. The van der Waals surface area contributed by atoms with Crippen LogP contribution in [0.5, 0.6) is 0 Å². The lowest BCUT2D eigenvalue weighted by Gasteiger charge is -2.32. The smallest absolute Gasteiger partial charge is 0.222 e. The summed E-state index contributed by atoms with van der Waals surface area (Å²) in [5.74, 6) is 0.293. The van der Waals surface area contributed by atoms with E-state index in [0.717, 1.165) is 38.9 Å². The third kappa shape index (κ3) is 3.68. The summed E-state index contributed by atoms with van der Waals surface area (Å²) < 4.78 is 5.74. The van der Waals surface area contributed by atoms with E-state index in [0.29, 0.717) is 30.6 Å². The molecule has 2 heterocycles. The lowest BCUT2D eigenvalue weighted by atomic mass is 10.1. The largest absolute Gasteiger partial charge is 0.375 e. The molecule has 0 aromatic heterocycles. The van der Waals surface area contributed by atoms with Gasteiger partial charge in [0.15, 0.2) is 0 Å². The van der Waals surface area contributed by atoms with Crippen molar-refractivity contribution in [2.75, 3.05) is 19.6 Å². The molecule has 0 aromatic carbocycles. The molecule has 2 aliphatic heterocycles. The van der Waals surface area contributed by atoms with Gasteiger partial charge >= 0.3 is 0 Å². The van der Waals surface area contributed by atoms with Gasteiger partial charge in [-0.15, -0.1) is 0 Å². The molecular formula is C13H24N2O2. The standard InChI is InChI=1S/C13H24N2O2/c1-10-9-15(8-7-14-10)13(16)6-5-12-4-3-11(2)17-12/h10-12,14H,3-9H2,1-2H3. The Kier molecular flexibility index (Phi) is 4.40. The highest BCUT2D eigenvalue weighted by atomic mass is 16.5. The molecule has 2 fully saturated rings. The Morgan fingerprint density at radius 1 is 1.41 bits per heavy atom. The Bertz CT molecular complexity index is 270. The summed E-state index contributed by atoms with van der Waals surface area (Å²) in [5, 5.41) is 3.35. The van der Waals surface area contributed by atoms with Crippen molar-refractivity contribution in [1.29, 1.82) is 0 Å². The zero-order valence-corrected chi connectivity index (χ0v) is 10.9. The highest BCUT2D eigenvalue weighted by molar-refractivity contribution is 5.76. The fourth-order valence-electron chi connectivity index (χ4n) is 2.70. The van der Waals surface area contributed by atoms with Crippen LogP contribution < -0.4 is 5.32 Å². The van der Waals surface area contributed by atoms with Gasteiger partial charge in [0.05, 0.1) is 12.2 Å². The molecule has 1 N–H and O–H groups in total. The van der Waals surface area contributed by atoms with Crippen LogP contribution in [0, 0.1) is 0 Å². The first-order chi connectivity index (χ1) is 8.15. The summed E-state index contributed by atoms with van der Waals surface area (Å²) in [5.41, 5.74) is 0. The lowest BCUT2D eigenvalue weighted by molar-refractivity contribution is -0.133. The minimum absolute atomic E-state index is 0.293. The predicted octanol–water partition coefficient (Wildman–Crippen LogP) is 1.15.